The number of carbonyl (C=O) groups excluding carboxylic acids is 1. The summed E-state index contributed by atoms with van der Waals surface area (Å²) in [4.78, 5) is 14.0. The third kappa shape index (κ3) is 3.64. The largest absolute Gasteiger partial charge is 0.507 e. The van der Waals surface area contributed by atoms with Gasteiger partial charge >= 0.3 is 0 Å². The third-order valence-corrected chi connectivity index (χ3v) is 3.06. The molecule has 1 aromatic carbocycles. The smallest absolute Gasteiger partial charge is 0.257 e. The predicted octanol–water partition coefficient (Wildman–Crippen LogP) is 3.18. The van der Waals surface area contributed by atoms with Crippen molar-refractivity contribution in [3.8, 4) is 5.75 Å². The van der Waals surface area contributed by atoms with Gasteiger partial charge in [0.05, 0.1) is 5.56 Å². The van der Waals surface area contributed by atoms with Crippen LogP contribution < -0.4 is 0 Å². The van der Waals surface area contributed by atoms with Crippen molar-refractivity contribution < 1.29 is 9.90 Å². The van der Waals surface area contributed by atoms with Gasteiger partial charge in [0.2, 0.25) is 0 Å². The summed E-state index contributed by atoms with van der Waals surface area (Å²) >= 11 is 5.72. The zero-order chi connectivity index (χ0) is 13.5. The van der Waals surface area contributed by atoms with E-state index < -0.39 is 0 Å². The van der Waals surface area contributed by atoms with Crippen LogP contribution in [0.25, 0.3) is 0 Å². The van der Waals surface area contributed by atoms with Crippen LogP contribution in [0.15, 0.2) is 18.2 Å². The quantitative estimate of drug-likeness (QED) is 0.806. The Bertz CT molecular complexity index is 407. The molecule has 0 atom stereocenters. The van der Waals surface area contributed by atoms with Crippen LogP contribution in [-0.4, -0.2) is 34.9 Å². The number of halogens is 1. The molecule has 0 radical (unpaired) electrons. The molecule has 3 nitrogen and oxygen atoms in total. The SMILES string of the molecule is CCCCN(CCCl)C(=O)c1cccc(C)c1O. The number of para-hydroxylation sites is 1. The number of aryl methyl sites for hydroxylation is 1. The van der Waals surface area contributed by atoms with Gasteiger partial charge in [-0.2, -0.15) is 0 Å². The van der Waals surface area contributed by atoms with Crippen LogP contribution in [0.4, 0.5) is 0 Å². The molecule has 0 spiro atoms. The van der Waals surface area contributed by atoms with Crippen molar-refractivity contribution in [1.82, 2.24) is 4.90 Å². The highest BCUT2D eigenvalue weighted by molar-refractivity contribution is 6.18. The van der Waals surface area contributed by atoms with E-state index in [0.29, 0.717) is 30.1 Å². The number of hydrogen-bond acceptors (Lipinski definition) is 2. The van der Waals surface area contributed by atoms with Gasteiger partial charge in [-0.05, 0) is 25.0 Å². The van der Waals surface area contributed by atoms with E-state index in [1.165, 1.54) is 0 Å². The standard InChI is InChI=1S/C14H20ClNO2/c1-3-4-9-16(10-8-15)14(18)12-7-5-6-11(2)13(12)17/h5-7,17H,3-4,8-10H2,1-2H3. The first-order chi connectivity index (χ1) is 8.61. The first-order valence-electron chi connectivity index (χ1n) is 6.25. The van der Waals surface area contributed by atoms with Crippen molar-refractivity contribution in [2.75, 3.05) is 19.0 Å². The van der Waals surface area contributed by atoms with Crippen LogP contribution in [0, 0.1) is 6.92 Å². The molecule has 0 bridgehead atoms. The maximum atomic E-state index is 12.3. The highest BCUT2D eigenvalue weighted by Crippen LogP contribution is 2.23. The lowest BCUT2D eigenvalue weighted by Crippen LogP contribution is -2.33. The van der Waals surface area contributed by atoms with Crippen LogP contribution in [0.5, 0.6) is 5.75 Å². The number of alkyl halides is 1. The molecule has 4 heteroatoms. The average molecular weight is 270 g/mol. The molecule has 100 valence electrons. The molecule has 0 saturated carbocycles. The van der Waals surface area contributed by atoms with E-state index in [-0.39, 0.29) is 11.7 Å². The molecule has 1 rings (SSSR count). The maximum absolute atomic E-state index is 12.3. The number of aromatic hydroxyl groups is 1. The molecule has 0 heterocycles. The van der Waals surface area contributed by atoms with Crippen LogP contribution in [-0.2, 0) is 0 Å². The lowest BCUT2D eigenvalue weighted by Gasteiger charge is -2.22. The van der Waals surface area contributed by atoms with Crippen LogP contribution in [0.3, 0.4) is 0 Å². The topological polar surface area (TPSA) is 40.5 Å². The van der Waals surface area contributed by atoms with Gasteiger partial charge in [0.15, 0.2) is 0 Å². The van der Waals surface area contributed by atoms with E-state index in [1.807, 2.05) is 0 Å². The van der Waals surface area contributed by atoms with Gasteiger partial charge in [-0.3, -0.25) is 4.79 Å². The Morgan fingerprint density at radius 1 is 1.39 bits per heavy atom. The Labute approximate surface area is 113 Å². The van der Waals surface area contributed by atoms with Crippen molar-refractivity contribution in [1.29, 1.82) is 0 Å². The number of unbranched alkanes of at least 4 members (excludes halogenated alkanes) is 1. The van der Waals surface area contributed by atoms with Gasteiger partial charge in [0.1, 0.15) is 5.75 Å². The summed E-state index contributed by atoms with van der Waals surface area (Å²) in [5.74, 6) is 0.325. The molecule has 1 aromatic rings. The van der Waals surface area contributed by atoms with Gasteiger partial charge in [-0.15, -0.1) is 11.6 Å². The van der Waals surface area contributed by atoms with Crippen LogP contribution >= 0.6 is 11.6 Å². The summed E-state index contributed by atoms with van der Waals surface area (Å²) in [5.41, 5.74) is 1.07. The minimum Gasteiger partial charge on any atom is -0.507 e. The van der Waals surface area contributed by atoms with Gasteiger partial charge < -0.3 is 10.0 Å². The number of benzene rings is 1. The van der Waals surface area contributed by atoms with Gasteiger partial charge in [-0.1, -0.05) is 25.5 Å². The summed E-state index contributed by atoms with van der Waals surface area (Å²) in [6.07, 6.45) is 1.96. The Kier molecular flexibility index (Phi) is 5.99. The average Bonchev–Trinajstić information content (AvgIpc) is 2.37. The highest BCUT2D eigenvalue weighted by Gasteiger charge is 2.18. The summed E-state index contributed by atoms with van der Waals surface area (Å²) < 4.78 is 0. The molecule has 0 aliphatic rings. The van der Waals surface area contributed by atoms with Crippen molar-refractivity contribution in [3.63, 3.8) is 0 Å². The molecule has 1 amide bonds. The van der Waals surface area contributed by atoms with Gasteiger partial charge in [-0.25, -0.2) is 0 Å². The normalized spacial score (nSPS) is 10.4. The Morgan fingerprint density at radius 3 is 2.72 bits per heavy atom. The fourth-order valence-corrected chi connectivity index (χ4v) is 1.97. The van der Waals surface area contributed by atoms with E-state index in [9.17, 15) is 9.90 Å². The first kappa shape index (κ1) is 14.8. The Balaban J connectivity index is 2.90. The second-order valence-corrected chi connectivity index (χ2v) is 4.68. The van der Waals surface area contributed by atoms with Crippen molar-refractivity contribution >= 4 is 17.5 Å². The summed E-state index contributed by atoms with van der Waals surface area (Å²) in [6.45, 7) is 5.04. The zero-order valence-corrected chi connectivity index (χ0v) is 11.7. The molecule has 0 saturated heterocycles. The monoisotopic (exact) mass is 269 g/mol. The van der Waals surface area contributed by atoms with Gasteiger partial charge in [0.25, 0.3) is 5.91 Å². The Hall–Kier alpha value is -1.22. The number of carbonyl (C=O) groups is 1. The van der Waals surface area contributed by atoms with Crippen molar-refractivity contribution in [2.45, 2.75) is 26.7 Å². The summed E-state index contributed by atoms with van der Waals surface area (Å²) in [5, 5.41) is 9.93. The second-order valence-electron chi connectivity index (χ2n) is 4.31. The summed E-state index contributed by atoms with van der Waals surface area (Å²) in [7, 11) is 0. The Morgan fingerprint density at radius 2 is 2.11 bits per heavy atom. The molecule has 0 fully saturated rings. The zero-order valence-electron chi connectivity index (χ0n) is 10.9. The minimum atomic E-state index is -0.148. The van der Waals surface area contributed by atoms with Crippen LogP contribution in [0.1, 0.15) is 35.7 Å². The number of hydrogen-bond donors (Lipinski definition) is 1. The maximum Gasteiger partial charge on any atom is 0.257 e. The third-order valence-electron chi connectivity index (χ3n) is 2.89. The molecule has 0 aliphatic heterocycles. The molecular formula is C14H20ClNO2. The number of phenolic OH excluding ortho intramolecular Hbond substituents is 1. The number of rotatable bonds is 6. The fourth-order valence-electron chi connectivity index (χ4n) is 1.77. The summed E-state index contributed by atoms with van der Waals surface area (Å²) in [6, 6.07) is 5.21. The molecule has 0 unspecified atom stereocenters. The molecule has 1 N–H and O–H groups in total. The predicted molar refractivity (Wildman–Crippen MR) is 74.4 cm³/mol. The van der Waals surface area contributed by atoms with E-state index in [1.54, 1.807) is 30.0 Å². The number of nitrogens with zero attached hydrogens (tertiary/aromatic N) is 1. The molecule has 18 heavy (non-hydrogen) atoms. The van der Waals surface area contributed by atoms with E-state index in [0.717, 1.165) is 12.8 Å². The minimum absolute atomic E-state index is 0.0681. The van der Waals surface area contributed by atoms with Crippen molar-refractivity contribution in [2.24, 2.45) is 0 Å². The van der Waals surface area contributed by atoms with Crippen LogP contribution in [0.2, 0.25) is 0 Å². The lowest BCUT2D eigenvalue weighted by molar-refractivity contribution is 0.0760. The van der Waals surface area contributed by atoms with E-state index in [2.05, 4.69) is 6.92 Å². The van der Waals surface area contributed by atoms with Gasteiger partial charge in [0, 0.05) is 19.0 Å². The van der Waals surface area contributed by atoms with E-state index in [4.69, 9.17) is 11.6 Å². The first-order valence-corrected chi connectivity index (χ1v) is 6.79. The lowest BCUT2D eigenvalue weighted by atomic mass is 10.1. The number of amides is 1. The molecule has 0 aromatic heterocycles. The second kappa shape index (κ2) is 7.27. The molecule has 0 aliphatic carbocycles. The highest BCUT2D eigenvalue weighted by atomic mass is 35.5. The molecular weight excluding hydrogens is 250 g/mol. The number of phenols is 1. The van der Waals surface area contributed by atoms with Crippen molar-refractivity contribution in [3.05, 3.63) is 29.3 Å². The van der Waals surface area contributed by atoms with E-state index >= 15 is 0 Å². The fraction of sp³-hybridized carbons (Fsp3) is 0.500.